The molecule has 4 rings (SSSR count). The fourth-order valence-corrected chi connectivity index (χ4v) is 4.06. The van der Waals surface area contributed by atoms with Gasteiger partial charge in [0.05, 0.1) is 17.0 Å². The molecule has 36 heavy (non-hydrogen) atoms. The maximum atomic E-state index is 8.33. The van der Waals surface area contributed by atoms with Crippen LogP contribution in [0.2, 0.25) is 0 Å². The first-order chi connectivity index (χ1) is 17.4. The van der Waals surface area contributed by atoms with E-state index in [4.69, 9.17) is 19.9 Å². The minimum absolute atomic E-state index is 0.361. The molecule has 0 atom stereocenters. The van der Waals surface area contributed by atoms with Crippen molar-refractivity contribution in [3.05, 3.63) is 58.7 Å². The van der Waals surface area contributed by atoms with Gasteiger partial charge in [-0.2, -0.15) is 0 Å². The van der Waals surface area contributed by atoms with Crippen LogP contribution in [0.15, 0.2) is 40.7 Å². The Labute approximate surface area is 212 Å². The lowest BCUT2D eigenvalue weighted by molar-refractivity contribution is 0.393. The average molecular weight is 489 g/mol. The van der Waals surface area contributed by atoms with Crippen LogP contribution in [0.3, 0.4) is 0 Å². The Bertz CT molecular complexity index is 1240. The van der Waals surface area contributed by atoms with Crippen LogP contribution in [0.5, 0.6) is 0 Å². The molecule has 5 N–H and O–H groups in total. The van der Waals surface area contributed by atoms with Crippen molar-refractivity contribution in [2.24, 2.45) is 5.92 Å². The van der Waals surface area contributed by atoms with Gasteiger partial charge in [-0.1, -0.05) is 23.4 Å². The molecule has 0 spiro atoms. The van der Waals surface area contributed by atoms with Gasteiger partial charge >= 0.3 is 0 Å². The fourth-order valence-electron chi connectivity index (χ4n) is 4.06. The van der Waals surface area contributed by atoms with Crippen molar-refractivity contribution in [2.45, 2.75) is 40.2 Å². The third-order valence-corrected chi connectivity index (χ3v) is 6.32. The molecule has 9 heteroatoms. The lowest BCUT2D eigenvalue weighted by Crippen LogP contribution is -2.24. The van der Waals surface area contributed by atoms with Crippen molar-refractivity contribution >= 4 is 11.5 Å². The number of benzene rings is 1. The Morgan fingerprint density at radius 2 is 1.94 bits per heavy atom. The third kappa shape index (κ3) is 5.98. The summed E-state index contributed by atoms with van der Waals surface area (Å²) in [5.74, 6) is 3.10. The number of nitrogens with one attached hydrogen (secondary N) is 5. The molecule has 2 heterocycles. The smallest absolute Gasteiger partial charge is 0.162 e. The number of allylic oxidation sites excluding steroid dienone is 1. The topological polar surface area (TPSA) is 124 Å². The highest BCUT2D eigenvalue weighted by Gasteiger charge is 2.25. The van der Waals surface area contributed by atoms with Crippen LogP contribution in [0.25, 0.3) is 22.6 Å². The summed E-state index contributed by atoms with van der Waals surface area (Å²) in [6.45, 7) is 8.38. The van der Waals surface area contributed by atoms with Crippen LogP contribution in [-0.2, 0) is 6.54 Å². The van der Waals surface area contributed by atoms with Crippen molar-refractivity contribution in [3.63, 3.8) is 0 Å². The van der Waals surface area contributed by atoms with Crippen molar-refractivity contribution in [2.75, 3.05) is 32.5 Å². The Balaban J connectivity index is 1.74. The van der Waals surface area contributed by atoms with Gasteiger partial charge in [0.1, 0.15) is 17.4 Å². The highest BCUT2D eigenvalue weighted by Crippen LogP contribution is 2.34. The average Bonchev–Trinajstić information content (AvgIpc) is 3.68. The number of hydrogen-bond donors (Lipinski definition) is 5. The molecule has 1 aliphatic carbocycles. The zero-order valence-electron chi connectivity index (χ0n) is 21.7. The van der Waals surface area contributed by atoms with Gasteiger partial charge in [0.2, 0.25) is 0 Å². The van der Waals surface area contributed by atoms with Crippen LogP contribution >= 0.6 is 0 Å². The molecule has 0 saturated heterocycles. The van der Waals surface area contributed by atoms with E-state index >= 15 is 0 Å². The van der Waals surface area contributed by atoms with E-state index in [1.54, 1.807) is 0 Å². The molecule has 0 radical (unpaired) electrons. The number of aromatic nitrogens is 3. The summed E-state index contributed by atoms with van der Waals surface area (Å²) in [4.78, 5) is 9.91. The maximum Gasteiger partial charge on any atom is 0.162 e. The Morgan fingerprint density at radius 3 is 2.61 bits per heavy atom. The Hall–Kier alpha value is -3.56. The summed E-state index contributed by atoms with van der Waals surface area (Å²) in [6.07, 6.45) is 4.02. The van der Waals surface area contributed by atoms with Gasteiger partial charge in [-0.15, -0.1) is 0 Å². The minimum atomic E-state index is 0.361. The van der Waals surface area contributed by atoms with Gasteiger partial charge in [0.25, 0.3) is 0 Å². The number of likely N-dealkylation sites (N-methyl/N-ethyl adjacent to an activating group) is 1. The largest absolute Gasteiger partial charge is 0.375 e. The molecule has 0 bridgehead atoms. The number of hydrogen-bond acceptors (Lipinski definition) is 9. The summed E-state index contributed by atoms with van der Waals surface area (Å²) in [7, 11) is 3.79. The SMILES string of the molecule is CNCCNCc1cccc(-c2nc(N/C(=C/C(=N)C3CC3)NC)c(C)c(-c3c(C)noc3C)n2)c1. The quantitative estimate of drug-likeness (QED) is 0.192. The Morgan fingerprint density at radius 1 is 1.14 bits per heavy atom. The van der Waals surface area contributed by atoms with Crippen LogP contribution in [0.1, 0.15) is 35.4 Å². The molecule has 1 aromatic carbocycles. The normalized spacial score (nSPS) is 13.6. The van der Waals surface area contributed by atoms with Gasteiger partial charge in [-0.3, -0.25) is 0 Å². The molecule has 0 unspecified atom stereocenters. The van der Waals surface area contributed by atoms with E-state index in [0.717, 1.165) is 71.9 Å². The Kier molecular flexibility index (Phi) is 8.12. The molecule has 190 valence electrons. The lowest BCUT2D eigenvalue weighted by Gasteiger charge is -2.16. The first-order valence-electron chi connectivity index (χ1n) is 12.4. The van der Waals surface area contributed by atoms with Gasteiger partial charge < -0.3 is 31.2 Å². The molecule has 0 aliphatic heterocycles. The van der Waals surface area contributed by atoms with E-state index in [1.807, 2.05) is 53.1 Å². The standard InChI is InChI=1S/C27H36N8O/c1-16-25(24-17(2)35-36-18(24)3)33-27(21-8-6-7-19(13-21)15-31-12-11-29-4)34-26(16)32-23(30-5)14-22(28)20-9-10-20/h6-8,13-14,20,28-31H,9-12,15H2,1-5H3,(H,32,33,34)/b23-14+,28-22?. The second kappa shape index (κ2) is 11.5. The van der Waals surface area contributed by atoms with Crippen molar-refractivity contribution in [1.82, 2.24) is 31.1 Å². The highest BCUT2D eigenvalue weighted by molar-refractivity contribution is 5.96. The van der Waals surface area contributed by atoms with Crippen LogP contribution in [0, 0.1) is 32.1 Å². The predicted molar refractivity (Wildman–Crippen MR) is 144 cm³/mol. The van der Waals surface area contributed by atoms with E-state index in [0.29, 0.717) is 29.0 Å². The fraction of sp³-hybridized carbons (Fsp3) is 0.407. The third-order valence-electron chi connectivity index (χ3n) is 6.32. The highest BCUT2D eigenvalue weighted by atomic mass is 16.5. The summed E-state index contributed by atoms with van der Waals surface area (Å²) < 4.78 is 5.47. The van der Waals surface area contributed by atoms with Gasteiger partial charge in [0, 0.05) is 49.4 Å². The molecule has 3 aromatic rings. The summed E-state index contributed by atoms with van der Waals surface area (Å²) >= 11 is 0. The molecule has 1 saturated carbocycles. The molecule has 9 nitrogen and oxygen atoms in total. The second-order valence-electron chi connectivity index (χ2n) is 9.21. The minimum Gasteiger partial charge on any atom is -0.375 e. The zero-order chi connectivity index (χ0) is 25.7. The van der Waals surface area contributed by atoms with E-state index in [1.165, 1.54) is 0 Å². The summed E-state index contributed by atoms with van der Waals surface area (Å²) in [5.41, 5.74) is 6.05. The van der Waals surface area contributed by atoms with Crippen molar-refractivity contribution < 1.29 is 4.52 Å². The van der Waals surface area contributed by atoms with Crippen LogP contribution in [-0.4, -0.2) is 48.0 Å². The summed E-state index contributed by atoms with van der Waals surface area (Å²) in [6, 6.07) is 8.28. The van der Waals surface area contributed by atoms with E-state index < -0.39 is 0 Å². The number of anilines is 1. The van der Waals surface area contributed by atoms with E-state index in [-0.39, 0.29) is 0 Å². The number of aryl methyl sites for hydroxylation is 2. The molecule has 0 amide bonds. The molecule has 1 aliphatic rings. The monoisotopic (exact) mass is 488 g/mol. The molecule has 1 fully saturated rings. The number of rotatable bonds is 12. The lowest BCUT2D eigenvalue weighted by atomic mass is 10.0. The van der Waals surface area contributed by atoms with Gasteiger partial charge in [-0.25, -0.2) is 9.97 Å². The van der Waals surface area contributed by atoms with Gasteiger partial charge in [0.15, 0.2) is 5.82 Å². The first kappa shape index (κ1) is 25.5. The van der Waals surface area contributed by atoms with E-state index in [9.17, 15) is 0 Å². The predicted octanol–water partition coefficient (Wildman–Crippen LogP) is 3.94. The van der Waals surface area contributed by atoms with Crippen LogP contribution < -0.4 is 21.3 Å². The van der Waals surface area contributed by atoms with Gasteiger partial charge in [-0.05, 0) is 58.4 Å². The van der Waals surface area contributed by atoms with Crippen molar-refractivity contribution in [3.8, 4) is 22.6 Å². The van der Waals surface area contributed by atoms with E-state index in [2.05, 4.69) is 38.6 Å². The molecule has 2 aromatic heterocycles. The summed E-state index contributed by atoms with van der Waals surface area (Å²) in [5, 5.41) is 25.7. The molecular weight excluding hydrogens is 452 g/mol. The maximum absolute atomic E-state index is 8.33. The zero-order valence-corrected chi connectivity index (χ0v) is 21.7. The number of nitrogens with zero attached hydrogens (tertiary/aromatic N) is 3. The van der Waals surface area contributed by atoms with Crippen LogP contribution in [0.4, 0.5) is 5.82 Å². The second-order valence-corrected chi connectivity index (χ2v) is 9.21. The van der Waals surface area contributed by atoms with Crippen molar-refractivity contribution in [1.29, 1.82) is 5.41 Å². The molecular formula is C27H36N8O. The first-order valence-corrected chi connectivity index (χ1v) is 12.4.